The Balaban J connectivity index is 4.51. The summed E-state index contributed by atoms with van der Waals surface area (Å²) >= 11 is 3.51. The smallest absolute Gasteiger partial charge is 0.0772 e. The Kier molecular flexibility index (Phi) is 4.93. The van der Waals surface area contributed by atoms with Crippen molar-refractivity contribution < 1.29 is 5.11 Å². The molecule has 0 fully saturated rings. The summed E-state index contributed by atoms with van der Waals surface area (Å²) in [5, 5.41) is 9.65. The topological polar surface area (TPSA) is 20.2 Å². The zero-order valence-electron chi connectivity index (χ0n) is 8.89. The van der Waals surface area contributed by atoms with Gasteiger partial charge >= 0.3 is 0 Å². The van der Waals surface area contributed by atoms with E-state index in [1.54, 1.807) is 6.08 Å². The minimum absolute atomic E-state index is 0.155. The summed E-state index contributed by atoms with van der Waals surface area (Å²) in [6.07, 6.45) is 1.97. The van der Waals surface area contributed by atoms with Crippen molar-refractivity contribution in [2.45, 2.75) is 40.2 Å². The molecule has 1 atom stereocenters. The predicted molar refractivity (Wildman–Crippen MR) is 61.9 cm³/mol. The molecule has 0 heterocycles. The van der Waals surface area contributed by atoms with E-state index in [1.807, 2.05) is 13.8 Å². The van der Waals surface area contributed by atoms with E-state index in [2.05, 4.69) is 36.4 Å². The molecule has 13 heavy (non-hydrogen) atoms. The summed E-state index contributed by atoms with van der Waals surface area (Å²) in [5.74, 6) is 0. The summed E-state index contributed by atoms with van der Waals surface area (Å²) in [5.41, 5.74) is 1.10. The third-order valence-electron chi connectivity index (χ3n) is 2.18. The summed E-state index contributed by atoms with van der Waals surface area (Å²) in [4.78, 5) is 0. The fourth-order valence-electron chi connectivity index (χ4n) is 1.00. The number of allylic oxidation sites excluding steroid dienone is 2. The zero-order valence-corrected chi connectivity index (χ0v) is 10.5. The Morgan fingerprint density at radius 1 is 1.54 bits per heavy atom. The molecule has 2 heteroatoms. The van der Waals surface area contributed by atoms with Gasteiger partial charge in [0.2, 0.25) is 0 Å². The van der Waals surface area contributed by atoms with E-state index in [4.69, 9.17) is 0 Å². The van der Waals surface area contributed by atoms with E-state index in [9.17, 15) is 5.11 Å². The lowest BCUT2D eigenvalue weighted by Crippen LogP contribution is -2.27. The molecule has 0 bridgehead atoms. The average Bonchev–Trinajstić information content (AvgIpc) is 2.01. The number of aliphatic hydroxyl groups excluding tert-OH is 1. The summed E-state index contributed by atoms with van der Waals surface area (Å²) < 4.78 is 1.17. The van der Waals surface area contributed by atoms with Crippen molar-refractivity contribution in [1.29, 1.82) is 0 Å². The van der Waals surface area contributed by atoms with E-state index in [0.29, 0.717) is 0 Å². The average molecular weight is 247 g/mol. The highest BCUT2D eigenvalue weighted by Gasteiger charge is 2.26. The van der Waals surface area contributed by atoms with Gasteiger partial charge in [-0.3, -0.25) is 0 Å². The summed E-state index contributed by atoms with van der Waals surface area (Å²) in [6.45, 7) is 11.8. The number of hydrogen-bond acceptors (Lipinski definition) is 1. The SMILES string of the molecule is C=CC(O)C(C)(C)CC(Br)=C(C)C. The monoisotopic (exact) mass is 246 g/mol. The van der Waals surface area contributed by atoms with Crippen LogP contribution in [0.25, 0.3) is 0 Å². The van der Waals surface area contributed by atoms with Crippen LogP contribution >= 0.6 is 15.9 Å². The molecule has 1 unspecified atom stereocenters. The van der Waals surface area contributed by atoms with Crippen LogP contribution in [0, 0.1) is 5.41 Å². The van der Waals surface area contributed by atoms with Gasteiger partial charge < -0.3 is 5.11 Å². The lowest BCUT2D eigenvalue weighted by molar-refractivity contribution is 0.0926. The molecule has 0 aromatic heterocycles. The van der Waals surface area contributed by atoms with Crippen LogP contribution in [-0.4, -0.2) is 11.2 Å². The fourth-order valence-corrected chi connectivity index (χ4v) is 1.72. The molecule has 76 valence electrons. The molecule has 0 spiro atoms. The molecule has 0 rings (SSSR count). The molecule has 0 saturated heterocycles. The lowest BCUT2D eigenvalue weighted by Gasteiger charge is -2.28. The highest BCUT2D eigenvalue weighted by atomic mass is 79.9. The van der Waals surface area contributed by atoms with Gasteiger partial charge in [-0.15, -0.1) is 6.58 Å². The van der Waals surface area contributed by atoms with Gasteiger partial charge in [0, 0.05) is 0 Å². The van der Waals surface area contributed by atoms with Gasteiger partial charge in [0.1, 0.15) is 0 Å². The first-order valence-electron chi connectivity index (χ1n) is 4.43. The van der Waals surface area contributed by atoms with Crippen molar-refractivity contribution >= 4 is 15.9 Å². The number of hydrogen-bond donors (Lipinski definition) is 1. The summed E-state index contributed by atoms with van der Waals surface area (Å²) in [7, 11) is 0. The van der Waals surface area contributed by atoms with Gasteiger partial charge in [-0.25, -0.2) is 0 Å². The number of halogens is 1. The maximum atomic E-state index is 9.65. The van der Waals surface area contributed by atoms with Crippen LogP contribution < -0.4 is 0 Å². The van der Waals surface area contributed by atoms with Gasteiger partial charge in [0.05, 0.1) is 6.10 Å². The second kappa shape index (κ2) is 4.97. The van der Waals surface area contributed by atoms with E-state index in [-0.39, 0.29) is 5.41 Å². The molecule has 1 N–H and O–H groups in total. The molecule has 0 aromatic rings. The van der Waals surface area contributed by atoms with Crippen molar-refractivity contribution in [2.75, 3.05) is 0 Å². The number of rotatable bonds is 4. The Morgan fingerprint density at radius 2 is 2.00 bits per heavy atom. The third-order valence-corrected chi connectivity index (χ3v) is 3.25. The lowest BCUT2D eigenvalue weighted by atomic mass is 9.82. The largest absolute Gasteiger partial charge is 0.388 e. The van der Waals surface area contributed by atoms with Crippen LogP contribution in [0.1, 0.15) is 34.1 Å². The molecular formula is C11H19BrO. The quantitative estimate of drug-likeness (QED) is 0.752. The van der Waals surface area contributed by atoms with E-state index >= 15 is 0 Å². The van der Waals surface area contributed by atoms with Crippen LogP contribution in [0.3, 0.4) is 0 Å². The van der Waals surface area contributed by atoms with Crippen LogP contribution in [0.15, 0.2) is 22.7 Å². The molecule has 0 amide bonds. The second-order valence-electron chi connectivity index (χ2n) is 4.25. The van der Waals surface area contributed by atoms with Crippen LogP contribution in [0.5, 0.6) is 0 Å². The fraction of sp³-hybridized carbons (Fsp3) is 0.636. The minimum Gasteiger partial charge on any atom is -0.388 e. The van der Waals surface area contributed by atoms with E-state index in [1.165, 1.54) is 10.1 Å². The third kappa shape index (κ3) is 4.10. The van der Waals surface area contributed by atoms with Gasteiger partial charge in [0.15, 0.2) is 0 Å². The molecule has 0 aliphatic carbocycles. The Labute approximate surface area is 89.7 Å². The molecule has 0 saturated carbocycles. The maximum Gasteiger partial charge on any atom is 0.0772 e. The predicted octanol–water partition coefficient (Wildman–Crippen LogP) is 3.64. The van der Waals surface area contributed by atoms with Gasteiger partial charge in [-0.2, -0.15) is 0 Å². The molecule has 0 aliphatic heterocycles. The molecule has 0 radical (unpaired) electrons. The first-order valence-corrected chi connectivity index (χ1v) is 5.23. The highest BCUT2D eigenvalue weighted by Crippen LogP contribution is 2.33. The minimum atomic E-state index is -0.459. The Hall–Kier alpha value is -0.0800. The van der Waals surface area contributed by atoms with Crippen LogP contribution in [0.2, 0.25) is 0 Å². The van der Waals surface area contributed by atoms with Crippen LogP contribution in [-0.2, 0) is 0 Å². The molecule has 1 nitrogen and oxygen atoms in total. The van der Waals surface area contributed by atoms with E-state index in [0.717, 1.165) is 6.42 Å². The first kappa shape index (κ1) is 12.9. The van der Waals surface area contributed by atoms with E-state index < -0.39 is 6.10 Å². The second-order valence-corrected chi connectivity index (χ2v) is 5.21. The summed E-state index contributed by atoms with van der Waals surface area (Å²) in [6, 6.07) is 0. The van der Waals surface area contributed by atoms with Crippen molar-refractivity contribution in [3.05, 3.63) is 22.7 Å². The van der Waals surface area contributed by atoms with Crippen molar-refractivity contribution in [3.63, 3.8) is 0 Å². The van der Waals surface area contributed by atoms with Crippen molar-refractivity contribution in [3.8, 4) is 0 Å². The maximum absolute atomic E-state index is 9.65. The first-order chi connectivity index (χ1) is 5.81. The van der Waals surface area contributed by atoms with Gasteiger partial charge in [-0.1, -0.05) is 41.4 Å². The standard InChI is InChI=1S/C11H19BrO/c1-6-10(13)11(4,5)7-9(12)8(2)3/h6,10,13H,1,7H2,2-5H3. The Bertz CT molecular complexity index is 212. The van der Waals surface area contributed by atoms with Crippen molar-refractivity contribution in [2.24, 2.45) is 5.41 Å². The zero-order chi connectivity index (χ0) is 10.6. The normalized spacial score (nSPS) is 13.7. The highest BCUT2D eigenvalue weighted by molar-refractivity contribution is 9.11. The van der Waals surface area contributed by atoms with Crippen LogP contribution in [0.4, 0.5) is 0 Å². The van der Waals surface area contributed by atoms with Gasteiger partial charge in [0.25, 0.3) is 0 Å². The molecular weight excluding hydrogens is 228 g/mol. The van der Waals surface area contributed by atoms with Gasteiger partial charge in [-0.05, 0) is 30.2 Å². The Morgan fingerprint density at radius 3 is 2.31 bits per heavy atom. The van der Waals surface area contributed by atoms with Crippen molar-refractivity contribution in [1.82, 2.24) is 0 Å². The molecule has 0 aliphatic rings. The molecule has 0 aromatic carbocycles. The number of aliphatic hydroxyl groups is 1.